The summed E-state index contributed by atoms with van der Waals surface area (Å²) in [5.74, 6) is 0.720. The molecule has 1 N–H and O–H groups in total. The van der Waals surface area contributed by atoms with Crippen molar-refractivity contribution < 1.29 is 0 Å². The Morgan fingerprint density at radius 1 is 1.50 bits per heavy atom. The van der Waals surface area contributed by atoms with Crippen LogP contribution < -0.4 is 5.32 Å². The van der Waals surface area contributed by atoms with Gasteiger partial charge < -0.3 is 5.32 Å². The Kier molecular flexibility index (Phi) is 3.09. The van der Waals surface area contributed by atoms with Gasteiger partial charge in [0.25, 0.3) is 0 Å². The molecule has 16 heavy (non-hydrogen) atoms. The first-order valence-electron chi connectivity index (χ1n) is 5.82. The van der Waals surface area contributed by atoms with Crippen LogP contribution in [0.25, 0.3) is 0 Å². The predicted octanol–water partition coefficient (Wildman–Crippen LogP) is 2.95. The van der Waals surface area contributed by atoms with E-state index in [0.29, 0.717) is 11.0 Å². The molecule has 0 amide bonds. The summed E-state index contributed by atoms with van der Waals surface area (Å²) in [6.45, 7) is 3.22. The minimum atomic E-state index is 0.379. The van der Waals surface area contributed by atoms with Crippen LogP contribution in [0.15, 0.2) is 18.3 Å². The molecule has 3 heteroatoms. The number of anilines is 1. The topological polar surface area (TPSA) is 48.7 Å². The monoisotopic (exact) mass is 215 g/mol. The molecule has 1 heterocycles. The van der Waals surface area contributed by atoms with Crippen LogP contribution in [-0.4, -0.2) is 11.5 Å². The number of nitrogens with one attached hydrogen (secondary N) is 1. The zero-order chi connectivity index (χ0) is 11.4. The highest BCUT2D eigenvalue weighted by Gasteiger charge is 2.28. The maximum absolute atomic E-state index is 8.94. The number of pyridine rings is 1. The van der Waals surface area contributed by atoms with Crippen LogP contribution in [0.5, 0.6) is 0 Å². The van der Waals surface area contributed by atoms with E-state index < -0.39 is 0 Å². The van der Waals surface area contributed by atoms with E-state index in [1.165, 1.54) is 25.7 Å². The Morgan fingerprint density at radius 3 is 2.94 bits per heavy atom. The molecule has 1 saturated carbocycles. The van der Waals surface area contributed by atoms with Gasteiger partial charge >= 0.3 is 0 Å². The Balaban J connectivity index is 2.02. The quantitative estimate of drug-likeness (QED) is 0.843. The summed E-state index contributed by atoms with van der Waals surface area (Å²) in [5, 5.41) is 12.3. The van der Waals surface area contributed by atoms with Gasteiger partial charge in [-0.05, 0) is 30.4 Å². The van der Waals surface area contributed by atoms with E-state index >= 15 is 0 Å². The molecule has 0 atom stereocenters. The van der Waals surface area contributed by atoms with Crippen LogP contribution in [0.2, 0.25) is 0 Å². The number of nitriles is 1. The SMILES string of the molecule is CC1(CNc2ncccc2C#N)CCCC1. The molecule has 1 aliphatic rings. The fraction of sp³-hybridized carbons (Fsp3) is 0.538. The molecular formula is C13H17N3. The lowest BCUT2D eigenvalue weighted by Gasteiger charge is -2.24. The Labute approximate surface area is 96.5 Å². The number of rotatable bonds is 3. The summed E-state index contributed by atoms with van der Waals surface area (Å²) in [7, 11) is 0. The molecule has 0 bridgehead atoms. The van der Waals surface area contributed by atoms with Gasteiger partial charge in [0.15, 0.2) is 0 Å². The fourth-order valence-electron chi connectivity index (χ4n) is 2.34. The molecule has 84 valence electrons. The van der Waals surface area contributed by atoms with Crippen LogP contribution in [0.1, 0.15) is 38.2 Å². The molecule has 2 rings (SSSR count). The second-order valence-corrected chi connectivity index (χ2v) is 4.88. The van der Waals surface area contributed by atoms with Crippen LogP contribution >= 0.6 is 0 Å². The Bertz CT molecular complexity index is 400. The zero-order valence-electron chi connectivity index (χ0n) is 9.66. The number of nitrogens with zero attached hydrogens (tertiary/aromatic N) is 2. The average molecular weight is 215 g/mol. The average Bonchev–Trinajstić information content (AvgIpc) is 2.74. The molecule has 0 aromatic carbocycles. The van der Waals surface area contributed by atoms with Gasteiger partial charge in [0, 0.05) is 12.7 Å². The largest absolute Gasteiger partial charge is 0.368 e. The third-order valence-electron chi connectivity index (χ3n) is 3.42. The van der Waals surface area contributed by atoms with Gasteiger partial charge in [-0.1, -0.05) is 19.8 Å². The van der Waals surface area contributed by atoms with Crippen molar-refractivity contribution in [3.8, 4) is 6.07 Å². The van der Waals surface area contributed by atoms with Crippen LogP contribution in [-0.2, 0) is 0 Å². The van der Waals surface area contributed by atoms with Crippen molar-refractivity contribution in [2.75, 3.05) is 11.9 Å². The highest BCUT2D eigenvalue weighted by molar-refractivity contribution is 5.51. The van der Waals surface area contributed by atoms with Crippen molar-refractivity contribution in [1.82, 2.24) is 4.98 Å². The van der Waals surface area contributed by atoms with Crippen LogP contribution in [0, 0.1) is 16.7 Å². The summed E-state index contributed by atoms with van der Waals surface area (Å²) in [6.07, 6.45) is 6.92. The van der Waals surface area contributed by atoms with Crippen LogP contribution in [0.3, 0.4) is 0 Å². The van der Waals surface area contributed by atoms with E-state index in [9.17, 15) is 0 Å². The van der Waals surface area contributed by atoms with Gasteiger partial charge in [0.1, 0.15) is 11.9 Å². The standard InChI is InChI=1S/C13H17N3/c1-13(6-2-3-7-13)10-16-12-11(9-14)5-4-8-15-12/h4-5,8H,2-3,6-7,10H2,1H3,(H,15,16). The molecule has 1 aromatic rings. The van der Waals surface area contributed by atoms with E-state index in [2.05, 4.69) is 23.3 Å². The molecule has 3 nitrogen and oxygen atoms in total. The Hall–Kier alpha value is -1.56. The van der Waals surface area contributed by atoms with E-state index in [-0.39, 0.29) is 0 Å². The summed E-state index contributed by atoms with van der Waals surface area (Å²) < 4.78 is 0. The first-order chi connectivity index (χ1) is 7.73. The molecule has 1 fully saturated rings. The lowest BCUT2D eigenvalue weighted by molar-refractivity contribution is 0.361. The van der Waals surface area contributed by atoms with Gasteiger partial charge in [-0.15, -0.1) is 0 Å². The van der Waals surface area contributed by atoms with Crippen molar-refractivity contribution in [1.29, 1.82) is 5.26 Å². The zero-order valence-corrected chi connectivity index (χ0v) is 9.66. The van der Waals surface area contributed by atoms with Crippen molar-refractivity contribution in [2.24, 2.45) is 5.41 Å². The third-order valence-corrected chi connectivity index (χ3v) is 3.42. The van der Waals surface area contributed by atoms with E-state index in [4.69, 9.17) is 5.26 Å². The van der Waals surface area contributed by atoms with E-state index in [0.717, 1.165) is 12.4 Å². The number of hydrogen-bond donors (Lipinski definition) is 1. The normalized spacial score (nSPS) is 18.0. The first-order valence-corrected chi connectivity index (χ1v) is 5.82. The molecule has 0 unspecified atom stereocenters. The lowest BCUT2D eigenvalue weighted by atomic mass is 9.89. The molecular weight excluding hydrogens is 198 g/mol. The van der Waals surface area contributed by atoms with Crippen molar-refractivity contribution in [3.63, 3.8) is 0 Å². The summed E-state index contributed by atoms with van der Waals surface area (Å²) in [4.78, 5) is 4.21. The number of hydrogen-bond acceptors (Lipinski definition) is 3. The maximum atomic E-state index is 8.94. The summed E-state index contributed by atoms with van der Waals surface area (Å²) >= 11 is 0. The highest BCUT2D eigenvalue weighted by Crippen LogP contribution is 2.37. The van der Waals surface area contributed by atoms with Gasteiger partial charge in [0.05, 0.1) is 5.56 Å². The van der Waals surface area contributed by atoms with Crippen molar-refractivity contribution >= 4 is 5.82 Å². The van der Waals surface area contributed by atoms with Crippen LogP contribution in [0.4, 0.5) is 5.82 Å². The molecule has 1 aromatic heterocycles. The van der Waals surface area contributed by atoms with Crippen molar-refractivity contribution in [3.05, 3.63) is 23.9 Å². The molecule has 1 aliphatic carbocycles. The summed E-state index contributed by atoms with van der Waals surface area (Å²) in [6, 6.07) is 5.75. The molecule has 0 radical (unpaired) electrons. The lowest BCUT2D eigenvalue weighted by Crippen LogP contribution is -2.23. The number of aromatic nitrogens is 1. The van der Waals surface area contributed by atoms with Crippen molar-refractivity contribution in [2.45, 2.75) is 32.6 Å². The Morgan fingerprint density at radius 2 is 2.25 bits per heavy atom. The van der Waals surface area contributed by atoms with E-state index in [1.54, 1.807) is 18.3 Å². The smallest absolute Gasteiger partial charge is 0.143 e. The summed E-state index contributed by atoms with van der Waals surface area (Å²) in [5.41, 5.74) is 1.01. The predicted molar refractivity (Wildman–Crippen MR) is 64.0 cm³/mol. The van der Waals surface area contributed by atoms with Gasteiger partial charge in [-0.25, -0.2) is 4.98 Å². The fourth-order valence-corrected chi connectivity index (χ4v) is 2.34. The van der Waals surface area contributed by atoms with Gasteiger partial charge in [-0.2, -0.15) is 5.26 Å². The second-order valence-electron chi connectivity index (χ2n) is 4.88. The highest BCUT2D eigenvalue weighted by atomic mass is 15.0. The first kappa shape index (κ1) is 10.9. The minimum absolute atomic E-state index is 0.379. The third kappa shape index (κ3) is 2.33. The molecule has 0 spiro atoms. The minimum Gasteiger partial charge on any atom is -0.368 e. The molecule has 0 saturated heterocycles. The van der Waals surface area contributed by atoms with Gasteiger partial charge in [0.2, 0.25) is 0 Å². The van der Waals surface area contributed by atoms with Gasteiger partial charge in [-0.3, -0.25) is 0 Å². The van der Waals surface area contributed by atoms with E-state index in [1.807, 2.05) is 0 Å². The molecule has 0 aliphatic heterocycles. The second kappa shape index (κ2) is 4.52. The maximum Gasteiger partial charge on any atom is 0.143 e.